The highest BCUT2D eigenvalue weighted by Crippen LogP contribution is 2.25. The SMILES string of the molecule is C(=Cc1ccccc1)CNc1cccc(-c2nc3ncccc3o2)c1. The van der Waals surface area contributed by atoms with Gasteiger partial charge in [0.05, 0.1) is 0 Å². The zero-order valence-electron chi connectivity index (χ0n) is 13.6. The van der Waals surface area contributed by atoms with Crippen molar-refractivity contribution in [2.24, 2.45) is 0 Å². The normalized spacial score (nSPS) is 11.2. The minimum absolute atomic E-state index is 0.581. The fourth-order valence-corrected chi connectivity index (χ4v) is 2.59. The molecular formula is C21H17N3O. The van der Waals surface area contributed by atoms with Gasteiger partial charge in [-0.25, -0.2) is 4.98 Å². The molecule has 4 heteroatoms. The number of nitrogens with one attached hydrogen (secondary N) is 1. The van der Waals surface area contributed by atoms with Crippen LogP contribution < -0.4 is 5.32 Å². The van der Waals surface area contributed by atoms with E-state index in [1.54, 1.807) is 6.20 Å². The first kappa shape index (κ1) is 15.1. The Morgan fingerprint density at radius 2 is 1.88 bits per heavy atom. The van der Waals surface area contributed by atoms with Crippen LogP contribution in [0.2, 0.25) is 0 Å². The Morgan fingerprint density at radius 3 is 2.76 bits per heavy atom. The molecule has 0 amide bonds. The second kappa shape index (κ2) is 7.01. The van der Waals surface area contributed by atoms with Gasteiger partial charge in [0, 0.05) is 24.0 Å². The fraction of sp³-hybridized carbons (Fsp3) is 0.0476. The molecule has 0 aliphatic heterocycles. The molecule has 4 aromatic rings. The first-order valence-electron chi connectivity index (χ1n) is 8.16. The van der Waals surface area contributed by atoms with Gasteiger partial charge in [-0.3, -0.25) is 0 Å². The second-order valence-corrected chi connectivity index (χ2v) is 5.62. The lowest BCUT2D eigenvalue weighted by atomic mass is 10.2. The van der Waals surface area contributed by atoms with Crippen LogP contribution in [0.4, 0.5) is 5.69 Å². The molecule has 0 atom stereocenters. The van der Waals surface area contributed by atoms with Crippen LogP contribution in [0.5, 0.6) is 0 Å². The molecule has 0 unspecified atom stereocenters. The Bertz CT molecular complexity index is 973. The lowest BCUT2D eigenvalue weighted by Gasteiger charge is -2.04. The van der Waals surface area contributed by atoms with Crippen molar-refractivity contribution in [1.82, 2.24) is 9.97 Å². The van der Waals surface area contributed by atoms with Gasteiger partial charge in [0.25, 0.3) is 0 Å². The highest BCUT2D eigenvalue weighted by Gasteiger charge is 2.08. The van der Waals surface area contributed by atoms with Crippen molar-refractivity contribution in [3.05, 3.63) is 84.6 Å². The average molecular weight is 327 g/mol. The number of oxazole rings is 1. The van der Waals surface area contributed by atoms with Gasteiger partial charge in [0.15, 0.2) is 11.2 Å². The summed E-state index contributed by atoms with van der Waals surface area (Å²) in [4.78, 5) is 8.65. The van der Waals surface area contributed by atoms with Crippen molar-refractivity contribution in [1.29, 1.82) is 0 Å². The lowest BCUT2D eigenvalue weighted by molar-refractivity contribution is 0.619. The van der Waals surface area contributed by atoms with Crippen molar-refractivity contribution < 1.29 is 4.42 Å². The van der Waals surface area contributed by atoms with Crippen molar-refractivity contribution in [2.75, 3.05) is 11.9 Å². The Balaban J connectivity index is 1.47. The molecule has 0 saturated heterocycles. The number of hydrogen-bond acceptors (Lipinski definition) is 4. The van der Waals surface area contributed by atoms with Crippen molar-refractivity contribution >= 4 is 23.0 Å². The summed E-state index contributed by atoms with van der Waals surface area (Å²) in [5.41, 5.74) is 4.46. The molecule has 0 bridgehead atoms. The van der Waals surface area contributed by atoms with Gasteiger partial charge < -0.3 is 9.73 Å². The van der Waals surface area contributed by atoms with Gasteiger partial charge in [-0.2, -0.15) is 4.98 Å². The summed E-state index contributed by atoms with van der Waals surface area (Å²) in [5, 5.41) is 3.39. The van der Waals surface area contributed by atoms with Crippen LogP contribution in [0, 0.1) is 0 Å². The topological polar surface area (TPSA) is 51.0 Å². The number of pyridine rings is 1. The minimum atomic E-state index is 0.581. The van der Waals surface area contributed by atoms with Crippen LogP contribution in [0.25, 0.3) is 28.8 Å². The quantitative estimate of drug-likeness (QED) is 0.559. The maximum atomic E-state index is 5.78. The second-order valence-electron chi connectivity index (χ2n) is 5.62. The zero-order valence-corrected chi connectivity index (χ0v) is 13.6. The third-order valence-corrected chi connectivity index (χ3v) is 3.81. The van der Waals surface area contributed by atoms with E-state index in [0.717, 1.165) is 17.8 Å². The Labute approximate surface area is 145 Å². The Morgan fingerprint density at radius 1 is 0.960 bits per heavy atom. The first-order valence-corrected chi connectivity index (χ1v) is 8.16. The minimum Gasteiger partial charge on any atom is -0.434 e. The molecule has 2 aromatic carbocycles. The molecule has 0 radical (unpaired) electrons. The van der Waals surface area contributed by atoms with E-state index in [1.807, 2.05) is 54.6 Å². The molecule has 0 spiro atoms. The summed E-state index contributed by atoms with van der Waals surface area (Å²) in [6.45, 7) is 0.744. The summed E-state index contributed by atoms with van der Waals surface area (Å²) in [7, 11) is 0. The van der Waals surface area contributed by atoms with Crippen LogP contribution in [-0.4, -0.2) is 16.5 Å². The van der Waals surface area contributed by atoms with E-state index < -0.39 is 0 Å². The molecule has 0 aliphatic rings. The zero-order chi connectivity index (χ0) is 16.9. The number of fused-ring (bicyclic) bond motifs is 1. The summed E-state index contributed by atoms with van der Waals surface area (Å²) in [6, 6.07) is 22.0. The first-order chi connectivity index (χ1) is 12.4. The van der Waals surface area contributed by atoms with Crippen molar-refractivity contribution in [2.45, 2.75) is 0 Å². The van der Waals surface area contributed by atoms with E-state index in [-0.39, 0.29) is 0 Å². The maximum absolute atomic E-state index is 5.78. The van der Waals surface area contributed by atoms with E-state index >= 15 is 0 Å². The highest BCUT2D eigenvalue weighted by atomic mass is 16.3. The average Bonchev–Trinajstić information content (AvgIpc) is 3.11. The number of hydrogen-bond donors (Lipinski definition) is 1. The molecule has 4 rings (SSSR count). The van der Waals surface area contributed by atoms with E-state index in [4.69, 9.17) is 4.42 Å². The van der Waals surface area contributed by atoms with Crippen LogP contribution >= 0.6 is 0 Å². The van der Waals surface area contributed by atoms with Gasteiger partial charge >= 0.3 is 0 Å². The molecule has 2 heterocycles. The lowest BCUT2D eigenvalue weighted by Crippen LogP contribution is -1.97. The smallest absolute Gasteiger partial charge is 0.228 e. The molecule has 25 heavy (non-hydrogen) atoms. The number of aromatic nitrogens is 2. The molecule has 2 aromatic heterocycles. The van der Waals surface area contributed by atoms with Crippen molar-refractivity contribution in [3.8, 4) is 11.5 Å². The third-order valence-electron chi connectivity index (χ3n) is 3.81. The van der Waals surface area contributed by atoms with Gasteiger partial charge in [0.2, 0.25) is 5.89 Å². The predicted molar refractivity (Wildman–Crippen MR) is 101 cm³/mol. The predicted octanol–water partition coefficient (Wildman–Crippen LogP) is 5.02. The molecule has 0 fully saturated rings. The monoisotopic (exact) mass is 327 g/mol. The molecule has 1 N–H and O–H groups in total. The number of nitrogens with zero attached hydrogens (tertiary/aromatic N) is 2. The number of anilines is 1. The largest absolute Gasteiger partial charge is 0.434 e. The summed E-state index contributed by atoms with van der Waals surface area (Å²) in [6.07, 6.45) is 5.92. The van der Waals surface area contributed by atoms with Gasteiger partial charge in [-0.15, -0.1) is 0 Å². The van der Waals surface area contributed by atoms with Gasteiger partial charge in [-0.1, -0.05) is 48.6 Å². The molecular weight excluding hydrogens is 310 g/mol. The van der Waals surface area contributed by atoms with Gasteiger partial charge in [0.1, 0.15) is 0 Å². The summed E-state index contributed by atoms with van der Waals surface area (Å²) < 4.78 is 5.78. The number of benzene rings is 2. The highest BCUT2D eigenvalue weighted by molar-refractivity contribution is 5.73. The number of rotatable bonds is 5. The molecule has 0 aliphatic carbocycles. The molecule has 0 saturated carbocycles. The van der Waals surface area contributed by atoms with E-state index in [9.17, 15) is 0 Å². The van der Waals surface area contributed by atoms with E-state index in [2.05, 4.69) is 39.6 Å². The Kier molecular flexibility index (Phi) is 4.25. The van der Waals surface area contributed by atoms with E-state index in [1.165, 1.54) is 5.56 Å². The van der Waals surface area contributed by atoms with Crippen LogP contribution in [-0.2, 0) is 0 Å². The van der Waals surface area contributed by atoms with Crippen LogP contribution in [0.15, 0.2) is 83.4 Å². The molecule has 122 valence electrons. The van der Waals surface area contributed by atoms with E-state index in [0.29, 0.717) is 17.1 Å². The molecule has 4 nitrogen and oxygen atoms in total. The fourth-order valence-electron chi connectivity index (χ4n) is 2.59. The maximum Gasteiger partial charge on any atom is 0.228 e. The summed E-state index contributed by atoms with van der Waals surface area (Å²) >= 11 is 0. The van der Waals surface area contributed by atoms with Crippen LogP contribution in [0.1, 0.15) is 5.56 Å². The Hall–Kier alpha value is -3.40. The third kappa shape index (κ3) is 3.58. The summed E-state index contributed by atoms with van der Waals surface area (Å²) in [5.74, 6) is 0.581. The van der Waals surface area contributed by atoms with Gasteiger partial charge in [-0.05, 0) is 35.9 Å². The van der Waals surface area contributed by atoms with Crippen LogP contribution in [0.3, 0.4) is 0 Å². The standard InChI is InChI=1S/C21H17N3O/c1-2-7-16(8-3-1)9-5-13-22-18-11-4-10-17(15-18)21-24-20-19(25-21)12-6-14-23-20/h1-12,14-15,22H,13H2. The van der Waals surface area contributed by atoms with Crippen molar-refractivity contribution in [3.63, 3.8) is 0 Å².